The van der Waals surface area contributed by atoms with Crippen LogP contribution in [0.4, 0.5) is 0 Å². The van der Waals surface area contributed by atoms with E-state index in [9.17, 15) is 0 Å². The van der Waals surface area contributed by atoms with Gasteiger partial charge in [-0.2, -0.15) is 0 Å². The Morgan fingerprint density at radius 1 is 1.28 bits per heavy atom. The van der Waals surface area contributed by atoms with Crippen molar-refractivity contribution >= 4 is 0 Å². The molecule has 1 fully saturated rings. The molecule has 1 saturated carbocycles. The lowest BCUT2D eigenvalue weighted by Crippen LogP contribution is -2.34. The first-order valence-electron chi connectivity index (χ1n) is 7.77. The quantitative estimate of drug-likeness (QED) is 0.529. The number of rotatable bonds is 7. The summed E-state index contributed by atoms with van der Waals surface area (Å²) in [6, 6.07) is 0. The van der Waals surface area contributed by atoms with Gasteiger partial charge in [-0.1, -0.05) is 27.2 Å². The molecule has 3 unspecified atom stereocenters. The second-order valence-corrected chi connectivity index (χ2v) is 6.59. The van der Waals surface area contributed by atoms with Crippen LogP contribution < -0.4 is 5.32 Å². The Balaban J connectivity index is 2.33. The smallest absolute Gasteiger partial charge is 0.00861 e. The molecular weight excluding hydrogens is 218 g/mol. The summed E-state index contributed by atoms with van der Waals surface area (Å²) in [5, 5.41) is 3.65. The number of nitrogens with one attached hydrogen (secondary N) is 1. The summed E-state index contributed by atoms with van der Waals surface area (Å²) in [6.45, 7) is 9.33. The number of hydrogen-bond donors (Lipinski definition) is 1. The Labute approximate surface area is 114 Å². The first-order chi connectivity index (χ1) is 8.63. The van der Waals surface area contributed by atoms with E-state index in [2.05, 4.69) is 32.0 Å². The highest BCUT2D eigenvalue weighted by Crippen LogP contribution is 2.36. The highest BCUT2D eigenvalue weighted by atomic mass is 14.9. The summed E-state index contributed by atoms with van der Waals surface area (Å²) in [6.07, 6.45) is 13.1. The normalized spacial score (nSPS) is 28.3. The Kier molecular flexibility index (Phi) is 7.44. The van der Waals surface area contributed by atoms with Crippen LogP contribution in [0.1, 0.15) is 59.3 Å². The van der Waals surface area contributed by atoms with Crippen molar-refractivity contribution in [3.05, 3.63) is 0 Å². The molecule has 0 aromatic carbocycles. The van der Waals surface area contributed by atoms with Gasteiger partial charge in [-0.25, -0.2) is 0 Å². The maximum atomic E-state index is 5.36. The van der Waals surface area contributed by atoms with E-state index in [0.717, 1.165) is 36.6 Å². The van der Waals surface area contributed by atoms with E-state index < -0.39 is 0 Å². The molecule has 0 radical (unpaired) electrons. The van der Waals surface area contributed by atoms with E-state index in [1.165, 1.54) is 38.6 Å². The number of terminal acetylenes is 1. The third kappa shape index (κ3) is 5.91. The molecule has 1 aliphatic carbocycles. The highest BCUT2D eigenvalue weighted by molar-refractivity contribution is 4.85. The monoisotopic (exact) mass is 249 g/mol. The molecule has 104 valence electrons. The molecule has 0 aromatic heterocycles. The lowest BCUT2D eigenvalue weighted by atomic mass is 9.72. The maximum absolute atomic E-state index is 5.36. The number of unbranched alkanes of at least 4 members (excludes halogenated alkanes) is 1. The van der Waals surface area contributed by atoms with Gasteiger partial charge in [0.1, 0.15) is 0 Å². The molecule has 1 heteroatoms. The van der Waals surface area contributed by atoms with Crippen LogP contribution in [0.3, 0.4) is 0 Å². The van der Waals surface area contributed by atoms with Crippen molar-refractivity contribution in [1.82, 2.24) is 5.32 Å². The predicted octanol–water partition coefficient (Wildman–Crippen LogP) is 4.09. The molecule has 1 N–H and O–H groups in total. The van der Waals surface area contributed by atoms with Gasteiger partial charge in [0.25, 0.3) is 0 Å². The first kappa shape index (κ1) is 15.6. The van der Waals surface area contributed by atoms with E-state index in [0.29, 0.717) is 0 Å². The Bertz CT molecular complexity index is 251. The van der Waals surface area contributed by atoms with Crippen LogP contribution in [0.25, 0.3) is 0 Å². The topological polar surface area (TPSA) is 12.0 Å². The van der Waals surface area contributed by atoms with E-state index >= 15 is 0 Å². The minimum Gasteiger partial charge on any atom is -0.316 e. The van der Waals surface area contributed by atoms with Crippen molar-refractivity contribution in [1.29, 1.82) is 0 Å². The van der Waals surface area contributed by atoms with Gasteiger partial charge in [-0.05, 0) is 62.4 Å². The molecular formula is C17H31N. The molecule has 1 rings (SSSR count). The van der Waals surface area contributed by atoms with Crippen molar-refractivity contribution in [2.45, 2.75) is 59.3 Å². The Morgan fingerprint density at radius 2 is 2.06 bits per heavy atom. The van der Waals surface area contributed by atoms with Crippen LogP contribution in [-0.4, -0.2) is 13.1 Å². The van der Waals surface area contributed by atoms with Crippen LogP contribution in [0.15, 0.2) is 0 Å². The molecule has 0 amide bonds. The number of hydrogen-bond acceptors (Lipinski definition) is 1. The van der Waals surface area contributed by atoms with Crippen LogP contribution in [0.2, 0.25) is 0 Å². The zero-order valence-corrected chi connectivity index (χ0v) is 12.5. The molecule has 1 aliphatic rings. The average Bonchev–Trinajstić information content (AvgIpc) is 2.32. The van der Waals surface area contributed by atoms with E-state index in [4.69, 9.17) is 6.42 Å². The summed E-state index contributed by atoms with van der Waals surface area (Å²) in [5.41, 5.74) is 0. The molecule has 0 spiro atoms. The highest BCUT2D eigenvalue weighted by Gasteiger charge is 2.27. The van der Waals surface area contributed by atoms with Crippen LogP contribution in [0.5, 0.6) is 0 Å². The fourth-order valence-corrected chi connectivity index (χ4v) is 3.21. The van der Waals surface area contributed by atoms with Gasteiger partial charge in [0.05, 0.1) is 0 Å². The fraction of sp³-hybridized carbons (Fsp3) is 0.882. The third-order valence-corrected chi connectivity index (χ3v) is 4.26. The van der Waals surface area contributed by atoms with Crippen molar-refractivity contribution in [3.63, 3.8) is 0 Å². The molecule has 3 atom stereocenters. The minimum absolute atomic E-state index is 0.757. The standard InChI is InChI=1S/C17H31N/c1-5-6-7-8-16-11-15(4)9-10-17(16)13-18-12-14(2)3/h1,14-18H,6-13H2,2-4H3. The van der Waals surface area contributed by atoms with Crippen molar-refractivity contribution < 1.29 is 0 Å². The zero-order chi connectivity index (χ0) is 13.4. The second-order valence-electron chi connectivity index (χ2n) is 6.59. The van der Waals surface area contributed by atoms with Crippen molar-refractivity contribution in [2.24, 2.45) is 23.7 Å². The fourth-order valence-electron chi connectivity index (χ4n) is 3.21. The molecule has 18 heavy (non-hydrogen) atoms. The van der Waals surface area contributed by atoms with Crippen LogP contribution >= 0.6 is 0 Å². The lowest BCUT2D eigenvalue weighted by molar-refractivity contribution is 0.172. The van der Waals surface area contributed by atoms with Crippen molar-refractivity contribution in [2.75, 3.05) is 13.1 Å². The molecule has 0 bridgehead atoms. The summed E-state index contributed by atoms with van der Waals surface area (Å²) < 4.78 is 0. The Hall–Kier alpha value is -0.480. The molecule has 0 heterocycles. The molecule has 0 aromatic rings. The van der Waals surface area contributed by atoms with Gasteiger partial charge in [-0.3, -0.25) is 0 Å². The van der Waals surface area contributed by atoms with Gasteiger partial charge >= 0.3 is 0 Å². The predicted molar refractivity (Wildman–Crippen MR) is 80.4 cm³/mol. The summed E-state index contributed by atoms with van der Waals surface area (Å²) in [7, 11) is 0. The summed E-state index contributed by atoms with van der Waals surface area (Å²) in [5.74, 6) is 6.24. The second kappa shape index (κ2) is 8.59. The third-order valence-electron chi connectivity index (χ3n) is 4.26. The van der Waals surface area contributed by atoms with E-state index in [1.54, 1.807) is 0 Å². The van der Waals surface area contributed by atoms with Crippen LogP contribution in [-0.2, 0) is 0 Å². The first-order valence-corrected chi connectivity index (χ1v) is 7.77. The average molecular weight is 249 g/mol. The van der Waals surface area contributed by atoms with Crippen LogP contribution in [0, 0.1) is 36.0 Å². The Morgan fingerprint density at radius 3 is 2.72 bits per heavy atom. The van der Waals surface area contributed by atoms with Gasteiger partial charge in [0, 0.05) is 6.42 Å². The van der Waals surface area contributed by atoms with Gasteiger partial charge in [-0.15, -0.1) is 12.3 Å². The van der Waals surface area contributed by atoms with Gasteiger partial charge in [0.2, 0.25) is 0 Å². The van der Waals surface area contributed by atoms with E-state index in [1.807, 2.05) is 0 Å². The van der Waals surface area contributed by atoms with Gasteiger partial charge < -0.3 is 5.32 Å². The zero-order valence-electron chi connectivity index (χ0n) is 12.5. The largest absolute Gasteiger partial charge is 0.316 e. The lowest BCUT2D eigenvalue weighted by Gasteiger charge is -2.35. The maximum Gasteiger partial charge on any atom is 0.00861 e. The minimum atomic E-state index is 0.757. The molecule has 1 nitrogen and oxygen atoms in total. The molecule has 0 saturated heterocycles. The van der Waals surface area contributed by atoms with Crippen molar-refractivity contribution in [3.8, 4) is 12.3 Å². The summed E-state index contributed by atoms with van der Waals surface area (Å²) in [4.78, 5) is 0. The summed E-state index contributed by atoms with van der Waals surface area (Å²) >= 11 is 0. The van der Waals surface area contributed by atoms with Gasteiger partial charge in [0.15, 0.2) is 0 Å². The van der Waals surface area contributed by atoms with E-state index in [-0.39, 0.29) is 0 Å². The molecule has 0 aliphatic heterocycles. The SMILES string of the molecule is C#CCCCC1CC(C)CCC1CNCC(C)C.